The van der Waals surface area contributed by atoms with Crippen molar-refractivity contribution < 1.29 is 14.4 Å². The van der Waals surface area contributed by atoms with Crippen molar-refractivity contribution in [3.8, 4) is 11.5 Å². The number of hydrogen-bond acceptors (Lipinski definition) is 6. The monoisotopic (exact) mass is 435 g/mol. The van der Waals surface area contributed by atoms with Crippen molar-refractivity contribution in [2.45, 2.75) is 18.7 Å². The van der Waals surface area contributed by atoms with E-state index in [1.165, 1.54) is 12.1 Å². The van der Waals surface area contributed by atoms with Gasteiger partial charge in [-0.3, -0.25) is 10.1 Å². The van der Waals surface area contributed by atoms with Gasteiger partial charge in [-0.15, -0.1) is 0 Å². The molecule has 2 heterocycles. The van der Waals surface area contributed by atoms with E-state index in [-0.39, 0.29) is 11.7 Å². The molecule has 3 aromatic carbocycles. The van der Waals surface area contributed by atoms with E-state index in [1.807, 2.05) is 47.5 Å². The van der Waals surface area contributed by atoms with E-state index in [2.05, 4.69) is 0 Å². The maximum Gasteiger partial charge on any atom is 0.269 e. The lowest BCUT2D eigenvalue weighted by molar-refractivity contribution is -0.385. The summed E-state index contributed by atoms with van der Waals surface area (Å²) in [6, 6.07) is 19.6. The minimum absolute atomic E-state index is 0.00995. The summed E-state index contributed by atoms with van der Waals surface area (Å²) in [7, 11) is 1.63. The van der Waals surface area contributed by atoms with Gasteiger partial charge in [0.1, 0.15) is 11.5 Å². The van der Waals surface area contributed by atoms with Crippen molar-refractivity contribution in [2.75, 3.05) is 7.11 Å². The van der Waals surface area contributed by atoms with Crippen LogP contribution >= 0.6 is 11.6 Å². The Kier molecular flexibility index (Phi) is 4.75. The SMILES string of the molecule is COc1cccc(C2=NN3C(C2)c2cc(Cl)ccc2OC3c2cccc([N+](=O)[O-])c2)c1. The highest BCUT2D eigenvalue weighted by Crippen LogP contribution is 2.48. The summed E-state index contributed by atoms with van der Waals surface area (Å²) in [6.07, 6.45) is 0.0524. The van der Waals surface area contributed by atoms with Crippen LogP contribution in [0, 0.1) is 10.1 Å². The molecule has 31 heavy (non-hydrogen) atoms. The zero-order valence-corrected chi connectivity index (χ0v) is 17.3. The Morgan fingerprint density at radius 3 is 2.81 bits per heavy atom. The Morgan fingerprint density at radius 2 is 2.00 bits per heavy atom. The third-order valence-electron chi connectivity index (χ3n) is 5.52. The molecule has 0 saturated carbocycles. The summed E-state index contributed by atoms with van der Waals surface area (Å²) >= 11 is 6.27. The number of benzene rings is 3. The van der Waals surface area contributed by atoms with Crippen LogP contribution in [-0.4, -0.2) is 22.8 Å². The molecule has 0 saturated heterocycles. The van der Waals surface area contributed by atoms with Gasteiger partial charge in [0.2, 0.25) is 6.23 Å². The molecule has 0 radical (unpaired) electrons. The van der Waals surface area contributed by atoms with Crippen LogP contribution < -0.4 is 9.47 Å². The maximum atomic E-state index is 11.3. The second-order valence-electron chi connectivity index (χ2n) is 7.38. The quantitative estimate of drug-likeness (QED) is 0.399. The molecule has 8 heteroatoms. The molecule has 0 N–H and O–H groups in total. The normalized spacial score (nSPS) is 19.2. The molecule has 2 unspecified atom stereocenters. The smallest absolute Gasteiger partial charge is 0.269 e. The van der Waals surface area contributed by atoms with E-state index >= 15 is 0 Å². The fourth-order valence-electron chi connectivity index (χ4n) is 4.05. The Labute approximate surface area is 183 Å². The van der Waals surface area contributed by atoms with E-state index in [4.69, 9.17) is 26.2 Å². The van der Waals surface area contributed by atoms with Crippen molar-refractivity contribution in [1.82, 2.24) is 5.01 Å². The highest BCUT2D eigenvalue weighted by atomic mass is 35.5. The minimum Gasteiger partial charge on any atom is -0.497 e. The van der Waals surface area contributed by atoms with Gasteiger partial charge in [0.25, 0.3) is 5.69 Å². The van der Waals surface area contributed by atoms with Crippen molar-refractivity contribution >= 4 is 23.0 Å². The van der Waals surface area contributed by atoms with Gasteiger partial charge in [-0.1, -0.05) is 35.9 Å². The molecular formula is C23H18ClN3O4. The fourth-order valence-corrected chi connectivity index (χ4v) is 4.23. The topological polar surface area (TPSA) is 77.2 Å². The lowest BCUT2D eigenvalue weighted by Gasteiger charge is -2.38. The first kappa shape index (κ1) is 19.4. The largest absolute Gasteiger partial charge is 0.497 e. The number of ether oxygens (including phenoxy) is 2. The first-order chi connectivity index (χ1) is 15.0. The highest BCUT2D eigenvalue weighted by Gasteiger charge is 2.41. The molecule has 2 atom stereocenters. The lowest BCUT2D eigenvalue weighted by atomic mass is 9.96. The Hall–Kier alpha value is -3.58. The van der Waals surface area contributed by atoms with Gasteiger partial charge in [0.15, 0.2) is 0 Å². The minimum atomic E-state index is -0.596. The molecule has 0 aliphatic carbocycles. The zero-order valence-electron chi connectivity index (χ0n) is 16.6. The number of rotatable bonds is 4. The number of nitro benzene ring substituents is 1. The second kappa shape index (κ2) is 7.59. The van der Waals surface area contributed by atoms with Crippen molar-refractivity contribution in [3.05, 3.63) is 98.6 Å². The summed E-state index contributed by atoms with van der Waals surface area (Å²) in [5.41, 5.74) is 3.45. The van der Waals surface area contributed by atoms with Crippen LogP contribution in [0.25, 0.3) is 0 Å². The molecule has 7 nitrogen and oxygen atoms in total. The number of nitro groups is 1. The van der Waals surface area contributed by atoms with Gasteiger partial charge in [-0.2, -0.15) is 5.10 Å². The van der Waals surface area contributed by atoms with Crippen molar-refractivity contribution in [3.63, 3.8) is 0 Å². The molecule has 3 aromatic rings. The first-order valence-corrected chi connectivity index (χ1v) is 10.1. The summed E-state index contributed by atoms with van der Waals surface area (Å²) < 4.78 is 11.6. The summed E-state index contributed by atoms with van der Waals surface area (Å²) in [4.78, 5) is 10.9. The number of halogens is 1. The molecule has 0 aromatic heterocycles. The van der Waals surface area contributed by atoms with Gasteiger partial charge in [0.05, 0.1) is 23.8 Å². The summed E-state index contributed by atoms with van der Waals surface area (Å²) in [5.74, 6) is 1.45. The first-order valence-electron chi connectivity index (χ1n) is 9.74. The number of methoxy groups -OCH3 is 1. The van der Waals surface area contributed by atoms with Crippen molar-refractivity contribution in [2.24, 2.45) is 5.10 Å². The molecular weight excluding hydrogens is 418 g/mol. The summed E-state index contributed by atoms with van der Waals surface area (Å²) in [5, 5.41) is 18.7. The number of nitrogens with zero attached hydrogens (tertiary/aromatic N) is 3. The molecule has 2 aliphatic rings. The van der Waals surface area contributed by atoms with E-state index < -0.39 is 11.2 Å². The molecule has 2 aliphatic heterocycles. The Balaban J connectivity index is 1.60. The highest BCUT2D eigenvalue weighted by molar-refractivity contribution is 6.30. The molecule has 0 fully saturated rings. The number of hydrogen-bond donors (Lipinski definition) is 0. The van der Waals surface area contributed by atoms with Crippen LogP contribution in [-0.2, 0) is 0 Å². The number of fused-ring (bicyclic) bond motifs is 3. The average molecular weight is 436 g/mol. The molecule has 0 amide bonds. The van der Waals surface area contributed by atoms with Crippen LogP contribution in [0.2, 0.25) is 5.02 Å². The molecule has 5 rings (SSSR count). The maximum absolute atomic E-state index is 11.3. The lowest BCUT2D eigenvalue weighted by Crippen LogP contribution is -2.33. The van der Waals surface area contributed by atoms with E-state index in [1.54, 1.807) is 19.2 Å². The van der Waals surface area contributed by atoms with E-state index in [0.717, 1.165) is 22.6 Å². The van der Waals surface area contributed by atoms with Crippen LogP contribution in [0.4, 0.5) is 5.69 Å². The van der Waals surface area contributed by atoms with Crippen LogP contribution in [0.3, 0.4) is 0 Å². The standard InChI is InChI=1S/C23H18ClN3O4/c1-30-18-7-3-4-14(11-18)20-13-21-19-12-16(24)8-9-22(19)31-23(26(21)25-20)15-5-2-6-17(10-15)27(28)29/h2-12,21,23H,13H2,1H3. The molecule has 156 valence electrons. The number of hydrazone groups is 1. The van der Waals surface area contributed by atoms with Crippen LogP contribution in [0.15, 0.2) is 71.8 Å². The fraction of sp³-hybridized carbons (Fsp3) is 0.174. The predicted molar refractivity (Wildman–Crippen MR) is 117 cm³/mol. The van der Waals surface area contributed by atoms with Gasteiger partial charge < -0.3 is 9.47 Å². The Bertz CT molecular complexity index is 1210. The molecule has 0 spiro atoms. The second-order valence-corrected chi connectivity index (χ2v) is 7.82. The van der Waals surface area contributed by atoms with Gasteiger partial charge in [0, 0.05) is 40.3 Å². The van der Waals surface area contributed by atoms with Gasteiger partial charge in [-0.25, -0.2) is 5.01 Å². The van der Waals surface area contributed by atoms with E-state index in [0.29, 0.717) is 22.8 Å². The van der Waals surface area contributed by atoms with Gasteiger partial charge >= 0.3 is 0 Å². The van der Waals surface area contributed by atoms with Crippen LogP contribution in [0.5, 0.6) is 11.5 Å². The summed E-state index contributed by atoms with van der Waals surface area (Å²) in [6.45, 7) is 0. The van der Waals surface area contributed by atoms with Crippen LogP contribution in [0.1, 0.15) is 35.4 Å². The number of non-ortho nitro benzene ring substituents is 1. The third kappa shape index (κ3) is 3.47. The van der Waals surface area contributed by atoms with E-state index in [9.17, 15) is 10.1 Å². The van der Waals surface area contributed by atoms with Crippen molar-refractivity contribution in [1.29, 1.82) is 0 Å². The predicted octanol–water partition coefficient (Wildman–Crippen LogP) is 5.50. The average Bonchev–Trinajstić information content (AvgIpc) is 3.24. The molecule has 0 bridgehead atoms. The third-order valence-corrected chi connectivity index (χ3v) is 5.76. The zero-order chi connectivity index (χ0) is 21.5. The Morgan fingerprint density at radius 1 is 1.16 bits per heavy atom. The van der Waals surface area contributed by atoms with Gasteiger partial charge in [-0.05, 0) is 30.3 Å².